The smallest absolute Gasteiger partial charge is 0.328 e. The van der Waals surface area contributed by atoms with Crippen molar-refractivity contribution < 1.29 is 24.6 Å². The SMILES string of the molecule is O=C(Cc1ccc(Cl)c(Cl)c1)N1CC/C(=C\CCc2ccccc2)CC1CN1CCCC1.O=C(O)/C=C\C(=O)O. The molecule has 2 aliphatic heterocycles. The van der Waals surface area contributed by atoms with Crippen molar-refractivity contribution in [3.8, 4) is 0 Å². The van der Waals surface area contributed by atoms with Crippen molar-refractivity contribution >= 4 is 41.0 Å². The molecule has 2 heterocycles. The van der Waals surface area contributed by atoms with Crippen molar-refractivity contribution in [1.29, 1.82) is 0 Å². The minimum Gasteiger partial charge on any atom is -0.478 e. The summed E-state index contributed by atoms with van der Waals surface area (Å²) in [5.74, 6) is -2.32. The number of carbonyl (C=O) groups is 3. The summed E-state index contributed by atoms with van der Waals surface area (Å²) in [6, 6.07) is 16.4. The second-order valence-corrected chi connectivity index (χ2v) is 10.8. The molecule has 0 saturated carbocycles. The molecule has 2 aromatic rings. The summed E-state index contributed by atoms with van der Waals surface area (Å²) in [5, 5.41) is 16.7. The molecule has 2 N–H and O–H groups in total. The van der Waals surface area contributed by atoms with Crippen LogP contribution in [0.25, 0.3) is 0 Å². The molecule has 0 aliphatic carbocycles. The Morgan fingerprint density at radius 2 is 1.55 bits per heavy atom. The highest BCUT2D eigenvalue weighted by Crippen LogP contribution is 2.27. The third-order valence-corrected chi connectivity index (χ3v) is 7.76. The van der Waals surface area contributed by atoms with E-state index in [1.54, 1.807) is 6.07 Å². The number of likely N-dealkylation sites (tertiary alicyclic amines) is 2. The van der Waals surface area contributed by atoms with Crippen LogP contribution in [0.15, 0.2) is 72.3 Å². The van der Waals surface area contributed by atoms with Gasteiger partial charge in [-0.2, -0.15) is 0 Å². The van der Waals surface area contributed by atoms with Crippen molar-refractivity contribution in [2.45, 2.75) is 51.0 Å². The van der Waals surface area contributed by atoms with Gasteiger partial charge in [0.15, 0.2) is 0 Å². The van der Waals surface area contributed by atoms with Gasteiger partial charge in [0.25, 0.3) is 0 Å². The van der Waals surface area contributed by atoms with Crippen LogP contribution < -0.4 is 0 Å². The van der Waals surface area contributed by atoms with Gasteiger partial charge >= 0.3 is 11.9 Å². The molecule has 1 amide bonds. The number of nitrogens with zero attached hydrogens (tertiary/aromatic N) is 2. The van der Waals surface area contributed by atoms with E-state index >= 15 is 0 Å². The van der Waals surface area contributed by atoms with Crippen LogP contribution in [0.2, 0.25) is 10.0 Å². The number of rotatable bonds is 9. The van der Waals surface area contributed by atoms with E-state index in [1.165, 1.54) is 24.0 Å². The van der Waals surface area contributed by atoms with Gasteiger partial charge in [0.2, 0.25) is 5.91 Å². The third-order valence-electron chi connectivity index (χ3n) is 7.02. The number of carbonyl (C=O) groups excluding carboxylic acids is 1. The maximum Gasteiger partial charge on any atom is 0.328 e. The number of allylic oxidation sites excluding steroid dienone is 1. The molecule has 2 saturated heterocycles. The lowest BCUT2D eigenvalue weighted by atomic mass is 9.93. The average Bonchev–Trinajstić information content (AvgIpc) is 3.44. The second-order valence-electron chi connectivity index (χ2n) is 10.0. The summed E-state index contributed by atoms with van der Waals surface area (Å²) in [4.78, 5) is 37.0. The molecular weight excluding hydrogens is 551 g/mol. The summed E-state index contributed by atoms with van der Waals surface area (Å²) in [5.41, 5.74) is 3.81. The van der Waals surface area contributed by atoms with Gasteiger partial charge in [0, 0.05) is 31.3 Å². The number of aliphatic carboxylic acids is 2. The number of hydrogen-bond donors (Lipinski definition) is 2. The highest BCUT2D eigenvalue weighted by atomic mass is 35.5. The minimum absolute atomic E-state index is 0.191. The van der Waals surface area contributed by atoms with E-state index in [4.69, 9.17) is 33.4 Å². The zero-order valence-electron chi connectivity index (χ0n) is 22.5. The van der Waals surface area contributed by atoms with E-state index in [2.05, 4.69) is 46.2 Å². The molecule has 7 nitrogen and oxygen atoms in total. The Morgan fingerprint density at radius 3 is 2.17 bits per heavy atom. The zero-order chi connectivity index (χ0) is 28.9. The number of aryl methyl sites for hydroxylation is 1. The molecule has 214 valence electrons. The van der Waals surface area contributed by atoms with E-state index in [0.29, 0.717) is 28.6 Å². The Bertz CT molecular complexity index is 1190. The fourth-order valence-electron chi connectivity index (χ4n) is 5.06. The molecule has 0 bridgehead atoms. The van der Waals surface area contributed by atoms with E-state index < -0.39 is 11.9 Å². The maximum atomic E-state index is 13.3. The van der Waals surface area contributed by atoms with Crippen LogP contribution in [0, 0.1) is 0 Å². The standard InChI is InChI=1S/C27H32Cl2N2O.C4H4O4/c28-25-12-11-23(18-26(25)29)19-27(32)31-16-13-22(10-6-9-21-7-2-1-3-8-21)17-24(31)20-30-14-4-5-15-30;5-3(6)1-2-4(7)8/h1-3,7-8,10-12,18,24H,4-6,9,13-17,19-20H2;1-2H,(H,5,6)(H,7,8)/b22-10+;2-1-. The molecule has 2 aromatic carbocycles. The summed E-state index contributed by atoms with van der Waals surface area (Å²) in [6.45, 7) is 4.08. The zero-order valence-corrected chi connectivity index (χ0v) is 24.0. The summed E-state index contributed by atoms with van der Waals surface area (Å²) in [6.07, 6.45) is 10.5. The average molecular weight is 588 g/mol. The van der Waals surface area contributed by atoms with Crippen molar-refractivity contribution in [3.05, 3.63) is 93.5 Å². The van der Waals surface area contributed by atoms with Gasteiger partial charge in [-0.15, -0.1) is 0 Å². The van der Waals surface area contributed by atoms with Gasteiger partial charge in [-0.25, -0.2) is 9.59 Å². The number of amides is 1. The maximum absolute atomic E-state index is 13.3. The van der Waals surface area contributed by atoms with Crippen LogP contribution in [0.4, 0.5) is 0 Å². The number of halogens is 2. The molecule has 40 heavy (non-hydrogen) atoms. The van der Waals surface area contributed by atoms with Gasteiger partial charge in [0.05, 0.1) is 16.5 Å². The van der Waals surface area contributed by atoms with Gasteiger partial charge in [-0.3, -0.25) is 4.79 Å². The Kier molecular flexibility index (Phi) is 12.7. The first-order chi connectivity index (χ1) is 19.2. The minimum atomic E-state index is -1.26. The van der Waals surface area contributed by atoms with E-state index in [1.807, 2.05) is 12.1 Å². The summed E-state index contributed by atoms with van der Waals surface area (Å²) in [7, 11) is 0. The predicted octanol–water partition coefficient (Wildman–Crippen LogP) is 5.89. The molecule has 0 spiro atoms. The Morgan fingerprint density at radius 1 is 0.875 bits per heavy atom. The highest BCUT2D eigenvalue weighted by molar-refractivity contribution is 6.42. The molecule has 2 aliphatic rings. The monoisotopic (exact) mass is 586 g/mol. The van der Waals surface area contributed by atoms with Crippen molar-refractivity contribution in [2.75, 3.05) is 26.2 Å². The van der Waals surface area contributed by atoms with Crippen LogP contribution in [-0.2, 0) is 27.2 Å². The lowest BCUT2D eigenvalue weighted by Gasteiger charge is -2.39. The molecular formula is C31H36Cl2N2O5. The van der Waals surface area contributed by atoms with Crippen LogP contribution >= 0.6 is 23.2 Å². The topological polar surface area (TPSA) is 98.2 Å². The van der Waals surface area contributed by atoms with Crippen LogP contribution in [0.5, 0.6) is 0 Å². The van der Waals surface area contributed by atoms with E-state index in [0.717, 1.165) is 57.4 Å². The molecule has 1 atom stereocenters. The first-order valence-electron chi connectivity index (χ1n) is 13.5. The normalized spacial score (nSPS) is 18.5. The molecule has 9 heteroatoms. The molecule has 4 rings (SSSR count). The second kappa shape index (κ2) is 16.2. The summed E-state index contributed by atoms with van der Waals surface area (Å²) < 4.78 is 0. The lowest BCUT2D eigenvalue weighted by molar-refractivity contribution is -0.134. The van der Waals surface area contributed by atoms with Crippen molar-refractivity contribution in [3.63, 3.8) is 0 Å². The Labute approximate surface area is 245 Å². The molecule has 0 radical (unpaired) electrons. The molecule has 1 unspecified atom stereocenters. The van der Waals surface area contributed by atoms with Crippen molar-refractivity contribution in [1.82, 2.24) is 9.80 Å². The summed E-state index contributed by atoms with van der Waals surface area (Å²) >= 11 is 12.2. The number of carboxylic acid groups (broad SMARTS) is 2. The molecule has 0 aromatic heterocycles. The van der Waals surface area contributed by atoms with Crippen LogP contribution in [-0.4, -0.2) is 70.1 Å². The number of benzene rings is 2. The predicted molar refractivity (Wildman–Crippen MR) is 158 cm³/mol. The van der Waals surface area contributed by atoms with Gasteiger partial charge < -0.3 is 20.0 Å². The first kappa shape index (κ1) is 31.4. The van der Waals surface area contributed by atoms with Gasteiger partial charge in [-0.1, -0.05) is 71.2 Å². The highest BCUT2D eigenvalue weighted by Gasteiger charge is 2.30. The lowest BCUT2D eigenvalue weighted by Crippen LogP contribution is -2.50. The number of hydrogen-bond acceptors (Lipinski definition) is 4. The van der Waals surface area contributed by atoms with E-state index in [-0.39, 0.29) is 11.9 Å². The fraction of sp³-hybridized carbons (Fsp3) is 0.387. The number of piperidine rings is 1. The number of carboxylic acids is 2. The quantitative estimate of drug-likeness (QED) is 0.280. The van der Waals surface area contributed by atoms with Gasteiger partial charge in [0.1, 0.15) is 0 Å². The van der Waals surface area contributed by atoms with E-state index in [9.17, 15) is 14.4 Å². The van der Waals surface area contributed by atoms with Crippen molar-refractivity contribution in [2.24, 2.45) is 0 Å². The Hall–Kier alpha value is -3.13. The first-order valence-corrected chi connectivity index (χ1v) is 14.3. The fourth-order valence-corrected chi connectivity index (χ4v) is 5.38. The van der Waals surface area contributed by atoms with Crippen LogP contribution in [0.1, 0.15) is 43.2 Å². The van der Waals surface area contributed by atoms with Gasteiger partial charge in [-0.05, 0) is 74.9 Å². The third kappa shape index (κ3) is 10.8. The van der Waals surface area contributed by atoms with Crippen LogP contribution in [0.3, 0.4) is 0 Å². The molecule has 2 fully saturated rings. The Balaban J connectivity index is 0.000000482. The largest absolute Gasteiger partial charge is 0.478 e.